The molecule has 0 aromatic heterocycles. The van der Waals surface area contributed by atoms with Gasteiger partial charge in [-0.3, -0.25) is 4.21 Å². The molecule has 1 aliphatic carbocycles. The molecule has 19 heavy (non-hydrogen) atoms. The molecule has 2 fully saturated rings. The van der Waals surface area contributed by atoms with Crippen molar-refractivity contribution in [1.82, 2.24) is 5.32 Å². The highest BCUT2D eigenvalue weighted by Gasteiger charge is 2.27. The predicted molar refractivity (Wildman–Crippen MR) is 80.9 cm³/mol. The van der Waals surface area contributed by atoms with E-state index in [1.54, 1.807) is 0 Å². The molecule has 0 amide bonds. The fourth-order valence-corrected chi connectivity index (χ4v) is 4.74. The average Bonchev–Trinajstić information content (AvgIpc) is 3.05. The molecule has 4 heteroatoms. The monoisotopic (exact) mass is 287 g/mol. The van der Waals surface area contributed by atoms with E-state index >= 15 is 0 Å². The molecule has 1 N–H and O–H groups in total. The first-order valence-corrected chi connectivity index (χ1v) is 9.48. The summed E-state index contributed by atoms with van der Waals surface area (Å²) in [7, 11) is -0.679. The van der Waals surface area contributed by atoms with Crippen LogP contribution in [-0.2, 0) is 15.5 Å². The Balaban J connectivity index is 1.64. The zero-order chi connectivity index (χ0) is 13.5. The van der Waals surface area contributed by atoms with E-state index in [2.05, 4.69) is 12.2 Å². The second kappa shape index (κ2) is 8.38. The van der Waals surface area contributed by atoms with Crippen LogP contribution < -0.4 is 5.32 Å². The fourth-order valence-electron chi connectivity index (χ4n) is 3.33. The average molecular weight is 287 g/mol. The summed E-state index contributed by atoms with van der Waals surface area (Å²) in [6.45, 7) is 4.21. The Morgan fingerprint density at radius 3 is 2.89 bits per heavy atom. The summed E-state index contributed by atoms with van der Waals surface area (Å²) in [5, 5.41) is 3.65. The van der Waals surface area contributed by atoms with Crippen LogP contribution in [0.15, 0.2) is 0 Å². The lowest BCUT2D eigenvalue weighted by molar-refractivity contribution is 0.128. The number of nitrogens with one attached hydrogen (secondary N) is 1. The topological polar surface area (TPSA) is 38.3 Å². The molecule has 3 nitrogen and oxygen atoms in total. The van der Waals surface area contributed by atoms with E-state index in [0.29, 0.717) is 6.04 Å². The first-order chi connectivity index (χ1) is 9.29. The van der Waals surface area contributed by atoms with Crippen molar-refractivity contribution in [2.45, 2.75) is 64.0 Å². The quantitative estimate of drug-likeness (QED) is 0.745. The van der Waals surface area contributed by atoms with Crippen molar-refractivity contribution in [3.8, 4) is 0 Å². The smallest absolute Gasteiger partial charge is 0.0691 e. The van der Waals surface area contributed by atoms with Crippen LogP contribution in [0.3, 0.4) is 0 Å². The minimum atomic E-state index is -0.679. The van der Waals surface area contributed by atoms with Gasteiger partial charge in [0.05, 0.1) is 6.10 Å². The van der Waals surface area contributed by atoms with E-state index in [0.717, 1.165) is 49.8 Å². The van der Waals surface area contributed by atoms with Crippen LogP contribution in [-0.4, -0.2) is 41.0 Å². The predicted octanol–water partition coefficient (Wildman–Crippen LogP) is 2.47. The first kappa shape index (κ1) is 15.5. The van der Waals surface area contributed by atoms with Gasteiger partial charge in [-0.25, -0.2) is 0 Å². The Kier molecular flexibility index (Phi) is 6.82. The Morgan fingerprint density at radius 2 is 2.16 bits per heavy atom. The van der Waals surface area contributed by atoms with Crippen LogP contribution in [0.25, 0.3) is 0 Å². The second-order valence-electron chi connectivity index (χ2n) is 5.99. The van der Waals surface area contributed by atoms with Crippen LogP contribution in [0.2, 0.25) is 0 Å². The van der Waals surface area contributed by atoms with Crippen molar-refractivity contribution < 1.29 is 8.95 Å². The van der Waals surface area contributed by atoms with Crippen molar-refractivity contribution in [2.24, 2.45) is 5.92 Å². The molecule has 0 spiro atoms. The number of ether oxygens (including phenoxy) is 1. The molecule has 0 aromatic carbocycles. The molecular weight excluding hydrogens is 258 g/mol. The van der Waals surface area contributed by atoms with Crippen molar-refractivity contribution in [3.05, 3.63) is 0 Å². The lowest BCUT2D eigenvalue weighted by atomic mass is 10.0. The largest absolute Gasteiger partial charge is 0.377 e. The lowest BCUT2D eigenvalue weighted by Crippen LogP contribution is -2.33. The summed E-state index contributed by atoms with van der Waals surface area (Å²) in [4.78, 5) is 0. The Labute approximate surface area is 120 Å². The highest BCUT2D eigenvalue weighted by atomic mass is 32.2. The van der Waals surface area contributed by atoms with E-state index < -0.39 is 10.8 Å². The number of hydrogen-bond donors (Lipinski definition) is 1. The van der Waals surface area contributed by atoms with Gasteiger partial charge >= 0.3 is 0 Å². The zero-order valence-electron chi connectivity index (χ0n) is 12.2. The molecule has 2 aliphatic rings. The first-order valence-electron chi connectivity index (χ1n) is 7.99. The third-order valence-corrected chi connectivity index (χ3v) is 5.86. The molecule has 2 rings (SSSR count). The lowest BCUT2D eigenvalue weighted by Gasteiger charge is -2.21. The molecule has 112 valence electrons. The van der Waals surface area contributed by atoms with E-state index in [4.69, 9.17) is 4.74 Å². The van der Waals surface area contributed by atoms with E-state index in [1.807, 2.05) is 0 Å². The van der Waals surface area contributed by atoms with Crippen LogP contribution >= 0.6 is 0 Å². The molecule has 1 heterocycles. The van der Waals surface area contributed by atoms with Crippen LogP contribution in [0, 0.1) is 5.92 Å². The molecule has 1 aliphatic heterocycles. The van der Waals surface area contributed by atoms with Gasteiger partial charge in [-0.1, -0.05) is 13.3 Å². The third-order valence-electron chi connectivity index (χ3n) is 4.43. The zero-order valence-corrected chi connectivity index (χ0v) is 13.1. The normalized spacial score (nSPS) is 32.8. The van der Waals surface area contributed by atoms with Crippen molar-refractivity contribution in [2.75, 3.05) is 24.7 Å². The minimum Gasteiger partial charge on any atom is -0.377 e. The van der Waals surface area contributed by atoms with E-state index in [-0.39, 0.29) is 6.10 Å². The fraction of sp³-hybridized carbons (Fsp3) is 1.00. The standard InChI is InChI=1S/C15H29NO2S/c1-2-9-16-15-7-3-5-13(15)8-11-19(17)12-14-6-4-10-18-14/h13-16H,2-12H2,1H3. The second-order valence-corrected chi connectivity index (χ2v) is 7.61. The molecule has 0 radical (unpaired) electrons. The Bertz CT molecular complexity index is 279. The van der Waals surface area contributed by atoms with Gasteiger partial charge in [0.2, 0.25) is 0 Å². The molecule has 1 saturated heterocycles. The van der Waals surface area contributed by atoms with Gasteiger partial charge in [-0.15, -0.1) is 0 Å². The van der Waals surface area contributed by atoms with Gasteiger partial charge in [0.15, 0.2) is 0 Å². The van der Waals surface area contributed by atoms with Crippen LogP contribution in [0.5, 0.6) is 0 Å². The molecule has 1 saturated carbocycles. The summed E-state index contributed by atoms with van der Waals surface area (Å²) >= 11 is 0. The summed E-state index contributed by atoms with van der Waals surface area (Å²) < 4.78 is 17.7. The highest BCUT2D eigenvalue weighted by Crippen LogP contribution is 2.28. The maximum atomic E-state index is 12.1. The van der Waals surface area contributed by atoms with Gasteiger partial charge < -0.3 is 10.1 Å². The summed E-state index contributed by atoms with van der Waals surface area (Å²) in [5.74, 6) is 2.38. The third kappa shape index (κ3) is 5.16. The molecule has 0 bridgehead atoms. The number of hydrogen-bond acceptors (Lipinski definition) is 3. The minimum absolute atomic E-state index is 0.276. The van der Waals surface area contributed by atoms with Crippen molar-refractivity contribution in [3.63, 3.8) is 0 Å². The van der Waals surface area contributed by atoms with Gasteiger partial charge in [0, 0.05) is 35.0 Å². The SMILES string of the molecule is CCCNC1CCCC1CCS(=O)CC1CCCO1. The highest BCUT2D eigenvalue weighted by molar-refractivity contribution is 7.85. The molecule has 0 aromatic rings. The van der Waals surface area contributed by atoms with Gasteiger partial charge in [0.1, 0.15) is 0 Å². The maximum absolute atomic E-state index is 12.1. The maximum Gasteiger partial charge on any atom is 0.0691 e. The summed E-state index contributed by atoms with van der Waals surface area (Å²) in [6, 6.07) is 0.680. The molecular formula is C15H29NO2S. The van der Waals surface area contributed by atoms with Crippen LogP contribution in [0.4, 0.5) is 0 Å². The van der Waals surface area contributed by atoms with E-state index in [9.17, 15) is 4.21 Å². The van der Waals surface area contributed by atoms with Crippen molar-refractivity contribution >= 4 is 10.8 Å². The van der Waals surface area contributed by atoms with Gasteiger partial charge in [-0.05, 0) is 51.0 Å². The Morgan fingerprint density at radius 1 is 1.26 bits per heavy atom. The van der Waals surface area contributed by atoms with Gasteiger partial charge in [-0.2, -0.15) is 0 Å². The van der Waals surface area contributed by atoms with Crippen molar-refractivity contribution in [1.29, 1.82) is 0 Å². The molecule has 4 unspecified atom stereocenters. The summed E-state index contributed by atoms with van der Waals surface area (Å²) in [5.41, 5.74) is 0. The van der Waals surface area contributed by atoms with Crippen LogP contribution in [0.1, 0.15) is 51.9 Å². The number of rotatable bonds is 8. The summed E-state index contributed by atoms with van der Waals surface area (Å²) in [6.07, 6.45) is 8.82. The van der Waals surface area contributed by atoms with E-state index in [1.165, 1.54) is 25.7 Å². The van der Waals surface area contributed by atoms with Gasteiger partial charge in [0.25, 0.3) is 0 Å². The molecule has 4 atom stereocenters. The Hall–Kier alpha value is 0.0700.